The molecule has 0 aromatic heterocycles. The maximum atomic E-state index is 11.9. The van der Waals surface area contributed by atoms with Crippen molar-refractivity contribution in [2.24, 2.45) is 11.8 Å². The SMILES string of the molecule is O=C1OC(=O)C2C1C2(c1ccccc1)c1ccccc1. The van der Waals surface area contributed by atoms with Crippen molar-refractivity contribution in [3.63, 3.8) is 0 Å². The molecular weight excluding hydrogens is 252 g/mol. The minimum Gasteiger partial charge on any atom is -0.393 e. The van der Waals surface area contributed by atoms with Crippen molar-refractivity contribution in [1.29, 1.82) is 0 Å². The van der Waals surface area contributed by atoms with Crippen LogP contribution in [0.3, 0.4) is 0 Å². The van der Waals surface area contributed by atoms with Crippen LogP contribution in [0.1, 0.15) is 11.1 Å². The van der Waals surface area contributed by atoms with Crippen molar-refractivity contribution in [3.8, 4) is 0 Å². The monoisotopic (exact) mass is 264 g/mol. The van der Waals surface area contributed by atoms with Crippen LogP contribution in [0.15, 0.2) is 60.7 Å². The highest BCUT2D eigenvalue weighted by Gasteiger charge is 2.78. The molecule has 2 aliphatic rings. The number of carbonyl (C=O) groups is 2. The zero-order valence-electron chi connectivity index (χ0n) is 10.7. The minimum absolute atomic E-state index is 0.375. The van der Waals surface area contributed by atoms with Crippen LogP contribution in [-0.4, -0.2) is 11.9 Å². The van der Waals surface area contributed by atoms with Gasteiger partial charge in [0.15, 0.2) is 0 Å². The minimum atomic E-state index is -0.533. The van der Waals surface area contributed by atoms with Crippen molar-refractivity contribution in [2.45, 2.75) is 5.41 Å². The van der Waals surface area contributed by atoms with Gasteiger partial charge in [-0.2, -0.15) is 0 Å². The van der Waals surface area contributed by atoms with Crippen LogP contribution in [-0.2, 0) is 19.7 Å². The molecule has 0 radical (unpaired) electrons. The number of benzene rings is 2. The standard InChI is InChI=1S/C17H12O3/c18-15-13-14(16(19)20-15)17(13,11-7-3-1-4-8-11)12-9-5-2-6-10-12/h1-10,13-14H. The Morgan fingerprint density at radius 3 is 1.50 bits per heavy atom. The van der Waals surface area contributed by atoms with E-state index in [4.69, 9.17) is 4.74 Å². The lowest BCUT2D eigenvalue weighted by atomic mass is 9.83. The zero-order valence-corrected chi connectivity index (χ0v) is 10.7. The molecule has 2 aromatic carbocycles. The molecule has 0 spiro atoms. The first-order valence-corrected chi connectivity index (χ1v) is 6.63. The van der Waals surface area contributed by atoms with Gasteiger partial charge in [-0.3, -0.25) is 9.59 Å². The van der Waals surface area contributed by atoms with Gasteiger partial charge in [-0.05, 0) is 11.1 Å². The van der Waals surface area contributed by atoms with Crippen molar-refractivity contribution in [2.75, 3.05) is 0 Å². The first-order valence-electron chi connectivity index (χ1n) is 6.63. The molecule has 3 nitrogen and oxygen atoms in total. The molecule has 98 valence electrons. The van der Waals surface area contributed by atoms with Crippen molar-refractivity contribution in [3.05, 3.63) is 71.8 Å². The molecular formula is C17H12O3. The lowest BCUT2D eigenvalue weighted by Crippen LogP contribution is -2.24. The summed E-state index contributed by atoms with van der Waals surface area (Å²) in [6.07, 6.45) is 0. The fourth-order valence-electron chi connectivity index (χ4n) is 3.57. The predicted molar refractivity (Wildman–Crippen MR) is 71.7 cm³/mol. The largest absolute Gasteiger partial charge is 0.393 e. The molecule has 3 heteroatoms. The molecule has 2 atom stereocenters. The van der Waals surface area contributed by atoms with Crippen LogP contribution in [0.25, 0.3) is 0 Å². The molecule has 2 fully saturated rings. The highest BCUT2D eigenvalue weighted by Crippen LogP contribution is 2.67. The van der Waals surface area contributed by atoms with Gasteiger partial charge in [-0.15, -0.1) is 0 Å². The third-order valence-corrected chi connectivity index (χ3v) is 4.42. The second kappa shape index (κ2) is 3.79. The Labute approximate surface area is 116 Å². The summed E-state index contributed by atoms with van der Waals surface area (Å²) in [4.78, 5) is 23.9. The number of hydrogen-bond donors (Lipinski definition) is 0. The summed E-state index contributed by atoms with van der Waals surface area (Å²) in [6, 6.07) is 19.5. The van der Waals surface area contributed by atoms with Crippen LogP contribution in [0, 0.1) is 11.8 Å². The number of carbonyl (C=O) groups excluding carboxylic acids is 2. The number of cyclic esters (lactones) is 2. The fraction of sp³-hybridized carbons (Fsp3) is 0.176. The average Bonchev–Trinajstić information content (AvgIpc) is 3.12. The van der Waals surface area contributed by atoms with Gasteiger partial charge >= 0.3 is 11.9 Å². The van der Waals surface area contributed by atoms with Gasteiger partial charge in [-0.25, -0.2) is 0 Å². The van der Waals surface area contributed by atoms with Gasteiger partial charge in [0.25, 0.3) is 0 Å². The molecule has 1 saturated carbocycles. The Balaban J connectivity index is 1.94. The molecule has 20 heavy (non-hydrogen) atoms. The van der Waals surface area contributed by atoms with Crippen LogP contribution >= 0.6 is 0 Å². The molecule has 1 saturated heterocycles. The molecule has 1 aliphatic carbocycles. The van der Waals surface area contributed by atoms with E-state index in [1.54, 1.807) is 0 Å². The van der Waals surface area contributed by atoms with E-state index in [1.807, 2.05) is 60.7 Å². The summed E-state index contributed by atoms with van der Waals surface area (Å²) in [5.41, 5.74) is 1.48. The Bertz CT molecular complexity index is 629. The maximum Gasteiger partial charge on any atom is 0.318 e. The molecule has 1 aliphatic heterocycles. The summed E-state index contributed by atoms with van der Waals surface area (Å²) >= 11 is 0. The van der Waals surface area contributed by atoms with E-state index in [0.717, 1.165) is 11.1 Å². The van der Waals surface area contributed by atoms with E-state index in [-0.39, 0.29) is 11.8 Å². The Kier molecular flexibility index (Phi) is 2.16. The fourth-order valence-corrected chi connectivity index (χ4v) is 3.57. The van der Waals surface area contributed by atoms with Gasteiger partial charge in [0.1, 0.15) is 0 Å². The van der Waals surface area contributed by atoms with E-state index < -0.39 is 17.4 Å². The van der Waals surface area contributed by atoms with Gasteiger partial charge in [-0.1, -0.05) is 60.7 Å². The highest BCUT2D eigenvalue weighted by molar-refractivity contribution is 6.05. The maximum absolute atomic E-state index is 11.9. The van der Waals surface area contributed by atoms with Crippen LogP contribution in [0.5, 0.6) is 0 Å². The second-order valence-electron chi connectivity index (χ2n) is 5.30. The van der Waals surface area contributed by atoms with Gasteiger partial charge < -0.3 is 4.74 Å². The predicted octanol–water partition coefficient (Wildman–Crippen LogP) is 2.30. The first-order chi connectivity index (χ1) is 9.76. The van der Waals surface area contributed by atoms with E-state index in [2.05, 4.69) is 0 Å². The number of fused-ring (bicyclic) bond motifs is 1. The Morgan fingerprint density at radius 2 is 1.10 bits per heavy atom. The van der Waals surface area contributed by atoms with Crippen LogP contribution < -0.4 is 0 Å². The van der Waals surface area contributed by atoms with Gasteiger partial charge in [0.2, 0.25) is 0 Å². The summed E-state index contributed by atoms with van der Waals surface area (Å²) < 4.78 is 4.74. The molecule has 2 aromatic rings. The molecule has 1 heterocycles. The van der Waals surface area contributed by atoms with E-state index in [9.17, 15) is 9.59 Å². The van der Waals surface area contributed by atoms with Gasteiger partial charge in [0.05, 0.1) is 11.8 Å². The van der Waals surface area contributed by atoms with Gasteiger partial charge in [0, 0.05) is 5.41 Å². The number of hydrogen-bond acceptors (Lipinski definition) is 3. The third kappa shape index (κ3) is 1.24. The molecule has 0 N–H and O–H groups in total. The van der Waals surface area contributed by atoms with Crippen molar-refractivity contribution in [1.82, 2.24) is 0 Å². The summed E-state index contributed by atoms with van der Waals surface area (Å²) in [5.74, 6) is -1.54. The summed E-state index contributed by atoms with van der Waals surface area (Å²) in [7, 11) is 0. The number of ether oxygens (including phenoxy) is 1. The number of esters is 2. The second-order valence-corrected chi connectivity index (χ2v) is 5.30. The van der Waals surface area contributed by atoms with E-state index in [1.165, 1.54) is 0 Å². The highest BCUT2D eigenvalue weighted by atomic mass is 16.6. The lowest BCUT2D eigenvalue weighted by Gasteiger charge is -2.21. The topological polar surface area (TPSA) is 43.4 Å². The lowest BCUT2D eigenvalue weighted by molar-refractivity contribution is -0.156. The first kappa shape index (κ1) is 11.4. The molecule has 2 unspecified atom stereocenters. The van der Waals surface area contributed by atoms with Crippen LogP contribution in [0.2, 0.25) is 0 Å². The smallest absolute Gasteiger partial charge is 0.318 e. The van der Waals surface area contributed by atoms with Crippen LogP contribution in [0.4, 0.5) is 0 Å². The number of rotatable bonds is 2. The Hall–Kier alpha value is -2.42. The van der Waals surface area contributed by atoms with Crippen molar-refractivity contribution >= 4 is 11.9 Å². The quantitative estimate of drug-likeness (QED) is 0.617. The van der Waals surface area contributed by atoms with E-state index in [0.29, 0.717) is 0 Å². The van der Waals surface area contributed by atoms with Crippen molar-refractivity contribution < 1.29 is 14.3 Å². The summed E-state index contributed by atoms with van der Waals surface area (Å²) in [6.45, 7) is 0. The normalized spacial score (nSPS) is 26.0. The molecule has 0 bridgehead atoms. The Morgan fingerprint density at radius 1 is 0.700 bits per heavy atom. The molecule has 0 amide bonds. The molecule has 4 rings (SSSR count). The van der Waals surface area contributed by atoms with E-state index >= 15 is 0 Å². The zero-order chi connectivity index (χ0) is 13.7. The average molecular weight is 264 g/mol. The summed E-state index contributed by atoms with van der Waals surface area (Å²) in [5, 5.41) is 0. The third-order valence-electron chi connectivity index (χ3n) is 4.42.